The van der Waals surface area contributed by atoms with Gasteiger partial charge in [0.25, 0.3) is 0 Å². The molecule has 2 aromatic rings. The van der Waals surface area contributed by atoms with Crippen LogP contribution in [0.2, 0.25) is 0 Å². The van der Waals surface area contributed by atoms with Gasteiger partial charge in [-0.2, -0.15) is 0 Å². The monoisotopic (exact) mass is 413 g/mol. The highest BCUT2D eigenvalue weighted by Crippen LogP contribution is 2.34. The highest BCUT2D eigenvalue weighted by atomic mass is 19.1. The molecule has 1 heterocycles. The molecule has 1 saturated heterocycles. The molecule has 1 aliphatic heterocycles. The van der Waals surface area contributed by atoms with Gasteiger partial charge in [-0.25, -0.2) is 9.18 Å². The minimum atomic E-state index is -0.271. The van der Waals surface area contributed by atoms with Crippen molar-refractivity contribution in [3.05, 3.63) is 71.5 Å². The summed E-state index contributed by atoms with van der Waals surface area (Å²) in [6, 6.07) is 16.6. The summed E-state index contributed by atoms with van der Waals surface area (Å²) in [7, 11) is 3.97. The number of hydrogen-bond acceptors (Lipinski definition) is 3. The van der Waals surface area contributed by atoms with Crippen molar-refractivity contribution in [2.24, 2.45) is 0 Å². The Kier molecular flexibility index (Phi) is 7.82. The average Bonchev–Trinajstić information content (AvgIpc) is 2.77. The molecule has 30 heavy (non-hydrogen) atoms. The Hall–Kier alpha value is -2.44. The van der Waals surface area contributed by atoms with E-state index in [0.717, 1.165) is 24.9 Å². The zero-order valence-corrected chi connectivity index (χ0v) is 17.9. The fraction of sp³-hybridized carbons (Fsp3) is 0.458. The summed E-state index contributed by atoms with van der Waals surface area (Å²) in [5.41, 5.74) is 2.04. The number of ether oxygens (including phenoxy) is 1. The number of nitrogens with one attached hydrogen (secondary N) is 1. The van der Waals surface area contributed by atoms with Gasteiger partial charge in [-0.3, -0.25) is 0 Å². The Morgan fingerprint density at radius 1 is 1.03 bits per heavy atom. The molecule has 162 valence electrons. The van der Waals surface area contributed by atoms with Crippen molar-refractivity contribution in [2.45, 2.75) is 24.8 Å². The molecule has 1 aliphatic rings. The van der Waals surface area contributed by atoms with E-state index in [-0.39, 0.29) is 17.3 Å². The van der Waals surface area contributed by atoms with Crippen LogP contribution in [0, 0.1) is 5.82 Å². The number of likely N-dealkylation sites (N-methyl/N-ethyl adjacent to an activating group) is 1. The van der Waals surface area contributed by atoms with Crippen molar-refractivity contribution in [3.63, 3.8) is 0 Å². The van der Waals surface area contributed by atoms with Crippen molar-refractivity contribution in [1.29, 1.82) is 0 Å². The van der Waals surface area contributed by atoms with Gasteiger partial charge in [0.2, 0.25) is 0 Å². The van der Waals surface area contributed by atoms with Crippen molar-refractivity contribution in [3.8, 4) is 0 Å². The molecule has 6 heteroatoms. The molecule has 2 aromatic carbocycles. The maximum atomic E-state index is 13.3. The molecular formula is C24H32FN3O2. The molecule has 0 aromatic heterocycles. The fourth-order valence-electron chi connectivity index (χ4n) is 3.86. The minimum Gasteiger partial charge on any atom is -0.381 e. The molecule has 0 unspecified atom stereocenters. The van der Waals surface area contributed by atoms with Crippen LogP contribution in [0.1, 0.15) is 24.0 Å². The molecule has 0 atom stereocenters. The van der Waals surface area contributed by atoms with E-state index in [1.807, 2.05) is 32.3 Å². The molecule has 0 saturated carbocycles. The SMILES string of the molecule is CN(C)CCN(Cc1ccc(F)cc1)C(=O)NCC1(c2ccccc2)CCOCC1. The van der Waals surface area contributed by atoms with E-state index in [2.05, 4.69) is 22.3 Å². The summed E-state index contributed by atoms with van der Waals surface area (Å²) in [4.78, 5) is 17.0. The topological polar surface area (TPSA) is 44.8 Å². The lowest BCUT2D eigenvalue weighted by molar-refractivity contribution is 0.0500. The third kappa shape index (κ3) is 6.03. The first-order valence-corrected chi connectivity index (χ1v) is 10.5. The molecule has 3 rings (SSSR count). The van der Waals surface area contributed by atoms with Crippen LogP contribution in [-0.4, -0.2) is 62.8 Å². The molecule has 0 radical (unpaired) electrons. The van der Waals surface area contributed by atoms with E-state index in [1.165, 1.54) is 17.7 Å². The largest absolute Gasteiger partial charge is 0.381 e. The Morgan fingerprint density at radius 3 is 2.33 bits per heavy atom. The van der Waals surface area contributed by atoms with Gasteiger partial charge in [-0.1, -0.05) is 42.5 Å². The lowest BCUT2D eigenvalue weighted by Gasteiger charge is -2.38. The van der Waals surface area contributed by atoms with Crippen molar-refractivity contribution >= 4 is 6.03 Å². The van der Waals surface area contributed by atoms with Gasteiger partial charge in [0, 0.05) is 44.8 Å². The Balaban J connectivity index is 1.70. The second-order valence-corrected chi connectivity index (χ2v) is 8.27. The third-order valence-corrected chi connectivity index (χ3v) is 5.81. The number of rotatable bonds is 8. The Labute approximate surface area is 178 Å². The number of hydrogen-bond donors (Lipinski definition) is 1. The van der Waals surface area contributed by atoms with Crippen LogP contribution < -0.4 is 5.32 Å². The highest BCUT2D eigenvalue weighted by molar-refractivity contribution is 5.74. The Morgan fingerprint density at radius 2 is 1.70 bits per heavy atom. The number of carbonyl (C=O) groups excluding carboxylic acids is 1. The second kappa shape index (κ2) is 10.5. The van der Waals surface area contributed by atoms with Crippen LogP contribution in [0.4, 0.5) is 9.18 Å². The van der Waals surface area contributed by atoms with Gasteiger partial charge in [0.15, 0.2) is 0 Å². The highest BCUT2D eigenvalue weighted by Gasteiger charge is 2.35. The first-order chi connectivity index (χ1) is 14.5. The van der Waals surface area contributed by atoms with Crippen LogP contribution >= 0.6 is 0 Å². The predicted molar refractivity (Wildman–Crippen MR) is 117 cm³/mol. The standard InChI is InChI=1S/C24H32FN3O2/c1-27(2)14-15-28(18-20-8-10-22(25)11-9-20)23(29)26-19-24(12-16-30-17-13-24)21-6-4-3-5-7-21/h3-11H,12-19H2,1-2H3,(H,26,29). The molecule has 0 spiro atoms. The van der Waals surface area contributed by atoms with Crippen LogP contribution in [-0.2, 0) is 16.7 Å². The number of carbonyl (C=O) groups is 1. The zero-order valence-electron chi connectivity index (χ0n) is 17.9. The summed E-state index contributed by atoms with van der Waals surface area (Å²) in [5, 5.41) is 3.19. The Bertz CT molecular complexity index is 790. The summed E-state index contributed by atoms with van der Waals surface area (Å²) in [6.07, 6.45) is 1.76. The quantitative estimate of drug-likeness (QED) is 0.719. The molecule has 0 bridgehead atoms. The maximum absolute atomic E-state index is 13.3. The van der Waals surface area contributed by atoms with Crippen LogP contribution in [0.15, 0.2) is 54.6 Å². The number of halogens is 1. The molecule has 1 fully saturated rings. The normalized spacial score (nSPS) is 15.7. The van der Waals surface area contributed by atoms with Gasteiger partial charge in [-0.05, 0) is 50.2 Å². The summed E-state index contributed by atoms with van der Waals surface area (Å²) >= 11 is 0. The van der Waals surface area contributed by atoms with Gasteiger partial charge in [0.1, 0.15) is 5.82 Å². The van der Waals surface area contributed by atoms with E-state index >= 15 is 0 Å². The van der Waals surface area contributed by atoms with Crippen LogP contribution in [0.25, 0.3) is 0 Å². The van der Waals surface area contributed by atoms with Gasteiger partial charge >= 0.3 is 6.03 Å². The number of benzene rings is 2. The van der Waals surface area contributed by atoms with Crippen molar-refractivity contribution < 1.29 is 13.9 Å². The molecule has 2 amide bonds. The second-order valence-electron chi connectivity index (χ2n) is 8.27. The van der Waals surface area contributed by atoms with E-state index < -0.39 is 0 Å². The summed E-state index contributed by atoms with van der Waals surface area (Å²) < 4.78 is 18.9. The molecular weight excluding hydrogens is 381 g/mol. The zero-order chi connectivity index (χ0) is 21.4. The minimum absolute atomic E-state index is 0.0945. The maximum Gasteiger partial charge on any atom is 0.317 e. The van der Waals surface area contributed by atoms with E-state index in [4.69, 9.17) is 4.74 Å². The van der Waals surface area contributed by atoms with Crippen LogP contribution in [0.5, 0.6) is 0 Å². The summed E-state index contributed by atoms with van der Waals surface area (Å²) in [6.45, 7) is 3.77. The van der Waals surface area contributed by atoms with Gasteiger partial charge in [0.05, 0.1) is 0 Å². The molecule has 1 N–H and O–H groups in total. The number of nitrogens with zero attached hydrogens (tertiary/aromatic N) is 2. The first kappa shape index (κ1) is 22.2. The molecule has 0 aliphatic carbocycles. The van der Waals surface area contributed by atoms with E-state index in [0.29, 0.717) is 32.8 Å². The van der Waals surface area contributed by atoms with E-state index in [9.17, 15) is 9.18 Å². The van der Waals surface area contributed by atoms with Crippen LogP contribution in [0.3, 0.4) is 0 Å². The smallest absolute Gasteiger partial charge is 0.317 e. The fourth-order valence-corrected chi connectivity index (χ4v) is 3.86. The van der Waals surface area contributed by atoms with Crippen molar-refractivity contribution in [2.75, 3.05) is 46.9 Å². The van der Waals surface area contributed by atoms with Crippen molar-refractivity contribution in [1.82, 2.24) is 15.1 Å². The first-order valence-electron chi connectivity index (χ1n) is 10.5. The number of amides is 2. The summed E-state index contributed by atoms with van der Waals surface area (Å²) in [5.74, 6) is -0.271. The third-order valence-electron chi connectivity index (χ3n) is 5.81. The number of urea groups is 1. The lowest BCUT2D eigenvalue weighted by atomic mass is 9.74. The lowest BCUT2D eigenvalue weighted by Crippen LogP contribution is -2.49. The van der Waals surface area contributed by atoms with Gasteiger partial charge in [-0.15, -0.1) is 0 Å². The average molecular weight is 414 g/mol. The van der Waals surface area contributed by atoms with E-state index in [1.54, 1.807) is 17.0 Å². The van der Waals surface area contributed by atoms with Gasteiger partial charge < -0.3 is 19.9 Å². The predicted octanol–water partition coefficient (Wildman–Crippen LogP) is 3.65. The molecule has 5 nitrogen and oxygen atoms in total.